The van der Waals surface area contributed by atoms with Crippen molar-refractivity contribution in [3.8, 4) is 0 Å². The number of anilines is 2. The number of hydrogen-bond acceptors (Lipinski definition) is 20. The van der Waals surface area contributed by atoms with E-state index in [4.69, 9.17) is 14.5 Å². The second kappa shape index (κ2) is 26.7. The number of allylic oxidation sites excluding steroid dienone is 4. The van der Waals surface area contributed by atoms with Gasteiger partial charge in [-0.05, 0) is 94.8 Å². The molecule has 4 aromatic rings. The van der Waals surface area contributed by atoms with Gasteiger partial charge in [-0.25, -0.2) is 37.1 Å². The zero-order valence-electron chi connectivity index (χ0n) is 44.3. The minimum atomic E-state index is -5.79. The maximum Gasteiger partial charge on any atom is 0.490 e. The van der Waals surface area contributed by atoms with E-state index in [9.17, 15) is 64.4 Å². The van der Waals surface area contributed by atoms with Crippen LogP contribution in [0.5, 0.6) is 0 Å². The van der Waals surface area contributed by atoms with Gasteiger partial charge in [0.1, 0.15) is 41.3 Å². The third-order valence-corrected chi connectivity index (χ3v) is 18.6. The summed E-state index contributed by atoms with van der Waals surface area (Å²) >= 11 is 0. The van der Waals surface area contributed by atoms with E-state index in [-0.39, 0.29) is 32.8 Å². The molecule has 1 fully saturated rings. The Morgan fingerprint density at radius 2 is 1.56 bits per heavy atom. The molecule has 0 aliphatic carbocycles. The number of rotatable bonds is 30. The molecule has 2 aliphatic heterocycles. The van der Waals surface area contributed by atoms with Crippen LogP contribution in [0.3, 0.4) is 0 Å². The average Bonchev–Trinajstić information content (AvgIpc) is 3.97. The Kier molecular flexibility index (Phi) is 21.5. The number of ether oxygens (including phenoxy) is 1. The first-order valence-corrected chi connectivity index (χ1v) is 32.7. The second-order valence-electron chi connectivity index (χ2n) is 19.6. The Hall–Kier alpha value is -4.68. The van der Waals surface area contributed by atoms with Crippen molar-refractivity contribution < 1.29 is 96.7 Å². The van der Waals surface area contributed by atoms with Gasteiger partial charge >= 0.3 is 23.5 Å². The maximum atomic E-state index is 12.8. The molecule has 1 amide bonds. The van der Waals surface area contributed by atoms with Crippen molar-refractivity contribution in [3.05, 3.63) is 84.6 Å². The van der Waals surface area contributed by atoms with Crippen LogP contribution in [0.25, 0.3) is 11.2 Å². The number of nitrogens with zero attached hydrogens (tertiary/aromatic N) is 6. The normalized spacial score (nSPS) is 20.4. The minimum absolute atomic E-state index is 0.0394. The molecule has 0 saturated carbocycles. The summed E-state index contributed by atoms with van der Waals surface area (Å²) in [6, 6.07) is 10.3. The molecule has 442 valence electrons. The molecule has 0 spiro atoms. The first-order chi connectivity index (χ1) is 37.3. The predicted molar refractivity (Wildman–Crippen MR) is 288 cm³/mol. The van der Waals surface area contributed by atoms with Crippen molar-refractivity contribution in [3.63, 3.8) is 0 Å². The van der Waals surface area contributed by atoms with Crippen molar-refractivity contribution >= 4 is 83.7 Å². The zero-order chi connectivity index (χ0) is 59.0. The first kappa shape index (κ1) is 64.5. The molecule has 6 rings (SSSR count). The van der Waals surface area contributed by atoms with Gasteiger partial charge in [0.2, 0.25) is 11.6 Å². The third kappa shape index (κ3) is 17.0. The number of carbonyl (C=O) groups is 1. The fourth-order valence-corrected chi connectivity index (χ4v) is 13.3. The largest absolute Gasteiger partial charge is 0.744 e. The number of nitrogens with one attached hydrogen (secondary N) is 2. The first-order valence-electron chi connectivity index (χ1n) is 25.3. The Morgan fingerprint density at radius 3 is 2.20 bits per heavy atom. The molecule has 2 aromatic heterocycles. The number of aliphatic hydroxyl groups excluding tert-OH is 2. The van der Waals surface area contributed by atoms with E-state index in [1.807, 2.05) is 57.7 Å². The number of phosphoric ester groups is 1. The number of carbonyl (C=O) groups excluding carboxylic acids is 1. The van der Waals surface area contributed by atoms with Crippen molar-refractivity contribution in [1.29, 1.82) is 0 Å². The van der Waals surface area contributed by atoms with E-state index in [1.54, 1.807) is 18.2 Å². The number of aliphatic hydroxyl groups is 2. The van der Waals surface area contributed by atoms with Gasteiger partial charge in [-0.15, -0.1) is 0 Å². The summed E-state index contributed by atoms with van der Waals surface area (Å²) in [6.45, 7) is 11.1. The van der Waals surface area contributed by atoms with Crippen LogP contribution in [-0.4, -0.2) is 143 Å². The number of imidazole rings is 1. The number of benzene rings is 2. The molecule has 6 atom stereocenters. The predicted octanol–water partition coefficient (Wildman–Crippen LogP) is 5.29. The van der Waals surface area contributed by atoms with E-state index in [2.05, 4.69) is 43.3 Å². The highest BCUT2D eigenvalue weighted by Crippen LogP contribution is 2.66. The SMILES string of the molecule is CCN(C(=CC=CC1=[N+](CCCCCC(=O)NCCCCCCNc2ncnc3c2ncn3[C@@H]2O[C@H](COP(=O)(O)OP(=O)(O)OP(=O)(O)O)C(O)[C@@H]2O)c2ccc(S(=O)(=O)O)cc2C1(C)C)C(C)C)c1ccc(S(=O)(=O)[O-])cc1. The number of phosphoric acid groups is 3. The standard InChI is InChI=1S/C47H67N8O20P3S2/c1-6-53(32-18-20-33(21-19-32)79(66,67)68)36(31(2)3)15-14-16-39-47(4,5)35-27-34(80(69,70)71)22-23-37(35)54(39)26-13-9-10-17-40(56)48-24-11-7-8-12-25-49-44-41-45(51-29-50-44)55(30-52-41)46-43(58)42(57)38(73-46)28-72-77(62,63)75-78(64,65)74-76(59,60)61/h14-16,18-23,27,29-31,38,42-43,46,57-58H,6-13,17,24-26,28H2,1-5H3,(H7-,48,49,50,51,56,59,60,61,62,63,64,65,66,67,68,69,70,71)/t38-,42?,43+,46-/m1/s1. The summed E-state index contributed by atoms with van der Waals surface area (Å²) in [6.07, 6.45) is 7.60. The summed E-state index contributed by atoms with van der Waals surface area (Å²) in [4.78, 5) is 63.7. The summed E-state index contributed by atoms with van der Waals surface area (Å²) < 4.78 is 125. The quantitative estimate of drug-likeness (QED) is 0.0105. The average molecular weight is 1220 g/mol. The van der Waals surface area contributed by atoms with Crippen LogP contribution in [-0.2, 0) is 62.0 Å². The van der Waals surface area contributed by atoms with E-state index in [0.717, 1.165) is 54.8 Å². The van der Waals surface area contributed by atoms with Crippen LogP contribution < -0.4 is 15.5 Å². The van der Waals surface area contributed by atoms with Gasteiger partial charge in [0.25, 0.3) is 10.1 Å². The van der Waals surface area contributed by atoms with Crippen molar-refractivity contribution in [2.24, 2.45) is 5.92 Å². The van der Waals surface area contributed by atoms with Crippen molar-refractivity contribution in [2.45, 2.75) is 126 Å². The van der Waals surface area contributed by atoms with Gasteiger partial charge in [-0.3, -0.25) is 18.4 Å². The summed E-state index contributed by atoms with van der Waals surface area (Å²) in [5.41, 5.74) is 3.84. The highest BCUT2D eigenvalue weighted by Gasteiger charge is 2.48. The molecular formula is C47H67N8O20P3S2. The highest BCUT2D eigenvalue weighted by molar-refractivity contribution is 7.86. The molecule has 3 unspecified atom stereocenters. The highest BCUT2D eigenvalue weighted by atomic mass is 32.2. The Bertz CT molecular complexity index is 3340. The Balaban J connectivity index is 0.950. The summed E-state index contributed by atoms with van der Waals surface area (Å²) in [5.74, 6) is 0.328. The number of hydrogen-bond donors (Lipinski definition) is 9. The van der Waals surface area contributed by atoms with Gasteiger partial charge in [-0.2, -0.15) is 21.6 Å². The van der Waals surface area contributed by atoms with Crippen molar-refractivity contribution in [1.82, 2.24) is 24.8 Å². The van der Waals surface area contributed by atoms with Crippen molar-refractivity contribution in [2.75, 3.05) is 43.0 Å². The molecule has 9 N–H and O–H groups in total. The molecule has 2 aliphatic rings. The maximum absolute atomic E-state index is 12.8. The molecule has 0 radical (unpaired) electrons. The Labute approximate surface area is 462 Å². The third-order valence-electron chi connectivity index (χ3n) is 13.1. The number of aromatic nitrogens is 4. The molecule has 0 bridgehead atoms. The summed E-state index contributed by atoms with van der Waals surface area (Å²) in [5, 5.41) is 27.5. The van der Waals surface area contributed by atoms with Gasteiger partial charge in [0.05, 0.1) is 28.1 Å². The lowest BCUT2D eigenvalue weighted by Crippen LogP contribution is -2.33. The van der Waals surface area contributed by atoms with E-state index < -0.39 is 80.3 Å². The van der Waals surface area contributed by atoms with Gasteiger partial charge in [0, 0.05) is 61.6 Å². The minimum Gasteiger partial charge on any atom is -0.744 e. The Morgan fingerprint density at radius 1 is 0.900 bits per heavy atom. The molecule has 4 heterocycles. The second-order valence-corrected chi connectivity index (χ2v) is 26.8. The molecule has 1 saturated heterocycles. The fourth-order valence-electron chi connectivity index (χ4n) is 9.29. The molecule has 2 aromatic carbocycles. The van der Waals surface area contributed by atoms with Gasteiger partial charge in [-0.1, -0.05) is 32.8 Å². The van der Waals surface area contributed by atoms with Gasteiger partial charge in [0.15, 0.2) is 28.9 Å². The summed E-state index contributed by atoms with van der Waals surface area (Å²) in [7, 11) is -26.0. The number of fused-ring (bicyclic) bond motifs is 2. The lowest BCUT2D eigenvalue weighted by atomic mass is 9.81. The zero-order valence-corrected chi connectivity index (χ0v) is 48.6. The number of unbranched alkanes of at least 4 members (excludes halogenated alkanes) is 5. The topological polar surface area (TPSA) is 412 Å². The van der Waals surface area contributed by atoms with Crippen LogP contribution >= 0.6 is 23.5 Å². The van der Waals surface area contributed by atoms with Crippen LogP contribution in [0.4, 0.5) is 17.2 Å². The molecule has 28 nitrogen and oxygen atoms in total. The molecule has 80 heavy (non-hydrogen) atoms. The van der Waals surface area contributed by atoms with E-state index in [0.29, 0.717) is 56.9 Å². The van der Waals surface area contributed by atoms with Crippen LogP contribution in [0.2, 0.25) is 0 Å². The monoisotopic (exact) mass is 1220 g/mol. The van der Waals surface area contributed by atoms with Crippen LogP contribution in [0.15, 0.2) is 88.8 Å². The number of amides is 1. The van der Waals surface area contributed by atoms with Gasteiger partial charge < -0.3 is 54.6 Å². The smallest absolute Gasteiger partial charge is 0.490 e. The van der Waals surface area contributed by atoms with E-state index in [1.165, 1.54) is 41.5 Å². The fraction of sp³-hybridized carbons (Fsp3) is 0.511. The molecule has 33 heteroatoms. The van der Waals surface area contributed by atoms with Crippen LogP contribution in [0, 0.1) is 5.92 Å². The molecular weight excluding hydrogens is 1150 g/mol. The lowest BCUT2D eigenvalue weighted by Gasteiger charge is -2.29. The van der Waals surface area contributed by atoms with Crippen LogP contribution in [0.1, 0.15) is 97.8 Å². The lowest BCUT2D eigenvalue weighted by molar-refractivity contribution is -0.438. The van der Waals surface area contributed by atoms with E-state index >= 15 is 0 Å².